The number of nitrogens with one attached hydrogen (secondary N) is 1. The van der Waals surface area contributed by atoms with E-state index in [-0.39, 0.29) is 5.82 Å². The molecule has 1 spiro atoms. The van der Waals surface area contributed by atoms with Gasteiger partial charge in [0.1, 0.15) is 5.82 Å². The van der Waals surface area contributed by atoms with Crippen molar-refractivity contribution in [3.8, 4) is 0 Å². The molecule has 94 valence electrons. The summed E-state index contributed by atoms with van der Waals surface area (Å²) in [6, 6.07) is 2.81. The van der Waals surface area contributed by atoms with E-state index in [4.69, 9.17) is 11.6 Å². The van der Waals surface area contributed by atoms with Gasteiger partial charge in [-0.2, -0.15) is 5.10 Å². The highest BCUT2D eigenvalue weighted by Gasteiger charge is 2.50. The van der Waals surface area contributed by atoms with Crippen LogP contribution in [0.2, 0.25) is 5.02 Å². The van der Waals surface area contributed by atoms with Gasteiger partial charge in [0.25, 0.3) is 0 Å². The van der Waals surface area contributed by atoms with Crippen molar-refractivity contribution in [3.05, 3.63) is 23.0 Å². The number of nitrogens with zero attached hydrogens (tertiary/aromatic N) is 2. The summed E-state index contributed by atoms with van der Waals surface area (Å²) in [4.78, 5) is 2.33. The second-order valence-electron chi connectivity index (χ2n) is 5.34. The van der Waals surface area contributed by atoms with Crippen LogP contribution in [-0.4, -0.2) is 22.3 Å². The van der Waals surface area contributed by atoms with Crippen molar-refractivity contribution in [2.75, 3.05) is 11.4 Å². The van der Waals surface area contributed by atoms with Crippen LogP contribution in [0.5, 0.6) is 0 Å². The second kappa shape index (κ2) is 3.38. The normalized spacial score (nSPS) is 21.1. The maximum atomic E-state index is 13.3. The zero-order valence-corrected chi connectivity index (χ0v) is 10.6. The average molecular weight is 266 g/mol. The Hall–Kier alpha value is -1.29. The third-order valence-corrected chi connectivity index (χ3v) is 4.77. The van der Waals surface area contributed by atoms with Gasteiger partial charge in [0, 0.05) is 12.1 Å². The number of aromatic amines is 1. The lowest BCUT2D eigenvalue weighted by Crippen LogP contribution is -2.64. The van der Waals surface area contributed by atoms with Crippen LogP contribution in [-0.2, 0) is 0 Å². The van der Waals surface area contributed by atoms with Crippen molar-refractivity contribution < 1.29 is 4.39 Å². The molecule has 1 N–H and O–H groups in total. The first-order chi connectivity index (χ1) is 8.70. The van der Waals surface area contributed by atoms with Crippen LogP contribution in [0.15, 0.2) is 12.1 Å². The Bertz CT molecular complexity index is 627. The number of anilines is 1. The quantitative estimate of drug-likeness (QED) is 0.856. The number of halogens is 2. The van der Waals surface area contributed by atoms with Gasteiger partial charge in [0.2, 0.25) is 0 Å². The SMILES string of the molecule is Fc1cc(Cl)c2c(N3CCC34CCC4)n[nH]c2c1. The molecular formula is C13H13ClFN3. The molecule has 5 heteroatoms. The highest BCUT2D eigenvalue weighted by atomic mass is 35.5. The van der Waals surface area contributed by atoms with Crippen LogP contribution in [0.1, 0.15) is 25.7 Å². The lowest BCUT2D eigenvalue weighted by molar-refractivity contribution is 0.150. The summed E-state index contributed by atoms with van der Waals surface area (Å²) < 4.78 is 13.3. The number of aromatic nitrogens is 2. The minimum Gasteiger partial charge on any atom is -0.349 e. The predicted molar refractivity (Wildman–Crippen MR) is 69.6 cm³/mol. The predicted octanol–water partition coefficient (Wildman–Crippen LogP) is 3.49. The van der Waals surface area contributed by atoms with E-state index in [1.807, 2.05) is 0 Å². The zero-order chi connectivity index (χ0) is 12.3. The van der Waals surface area contributed by atoms with Crippen molar-refractivity contribution in [2.24, 2.45) is 0 Å². The summed E-state index contributed by atoms with van der Waals surface area (Å²) in [7, 11) is 0. The molecular weight excluding hydrogens is 253 g/mol. The highest BCUT2D eigenvalue weighted by Crippen LogP contribution is 2.50. The molecule has 1 saturated heterocycles. The van der Waals surface area contributed by atoms with E-state index >= 15 is 0 Å². The van der Waals surface area contributed by atoms with Crippen molar-refractivity contribution in [1.82, 2.24) is 10.2 Å². The highest BCUT2D eigenvalue weighted by molar-refractivity contribution is 6.36. The average Bonchev–Trinajstić information content (AvgIpc) is 2.57. The number of hydrogen-bond acceptors (Lipinski definition) is 2. The van der Waals surface area contributed by atoms with Crippen LogP contribution >= 0.6 is 11.6 Å². The molecule has 0 atom stereocenters. The lowest BCUT2D eigenvalue weighted by Gasteiger charge is -2.59. The summed E-state index contributed by atoms with van der Waals surface area (Å²) >= 11 is 6.16. The van der Waals surface area contributed by atoms with E-state index in [0.717, 1.165) is 17.7 Å². The molecule has 0 radical (unpaired) electrons. The summed E-state index contributed by atoms with van der Waals surface area (Å²) in [6.07, 6.45) is 5.00. The van der Waals surface area contributed by atoms with Crippen LogP contribution in [0.3, 0.4) is 0 Å². The maximum Gasteiger partial charge on any atom is 0.160 e. The number of fused-ring (bicyclic) bond motifs is 1. The summed E-state index contributed by atoms with van der Waals surface area (Å²) in [6.45, 7) is 1.02. The molecule has 1 saturated carbocycles. The van der Waals surface area contributed by atoms with Crippen molar-refractivity contribution in [3.63, 3.8) is 0 Å². The first-order valence-electron chi connectivity index (χ1n) is 6.30. The van der Waals surface area contributed by atoms with Gasteiger partial charge in [0.15, 0.2) is 5.82 Å². The Kier molecular flexibility index (Phi) is 1.99. The van der Waals surface area contributed by atoms with Crippen LogP contribution in [0.4, 0.5) is 10.2 Å². The number of hydrogen-bond donors (Lipinski definition) is 1. The molecule has 2 fully saturated rings. The van der Waals surface area contributed by atoms with Crippen molar-refractivity contribution >= 4 is 28.3 Å². The molecule has 0 unspecified atom stereocenters. The van der Waals surface area contributed by atoms with Gasteiger partial charge in [-0.05, 0) is 37.8 Å². The second-order valence-corrected chi connectivity index (χ2v) is 5.74. The lowest BCUT2D eigenvalue weighted by atomic mass is 9.68. The molecule has 2 aromatic rings. The Morgan fingerprint density at radius 1 is 1.33 bits per heavy atom. The molecule has 0 amide bonds. The molecule has 1 aliphatic heterocycles. The summed E-state index contributed by atoms with van der Waals surface area (Å²) in [5, 5.41) is 8.53. The van der Waals surface area contributed by atoms with Gasteiger partial charge >= 0.3 is 0 Å². The third kappa shape index (κ3) is 1.21. The fraction of sp³-hybridized carbons (Fsp3) is 0.462. The van der Waals surface area contributed by atoms with Gasteiger partial charge in [-0.15, -0.1) is 0 Å². The Morgan fingerprint density at radius 3 is 2.78 bits per heavy atom. The minimum absolute atomic E-state index is 0.319. The van der Waals surface area contributed by atoms with E-state index in [1.165, 1.54) is 37.8 Å². The van der Waals surface area contributed by atoms with E-state index in [1.54, 1.807) is 0 Å². The van der Waals surface area contributed by atoms with Crippen molar-refractivity contribution in [2.45, 2.75) is 31.2 Å². The summed E-state index contributed by atoms with van der Waals surface area (Å²) in [5.41, 5.74) is 0.996. The van der Waals surface area contributed by atoms with Gasteiger partial charge in [0.05, 0.1) is 15.9 Å². The third-order valence-electron chi connectivity index (χ3n) is 4.47. The fourth-order valence-corrected chi connectivity index (χ4v) is 3.52. The molecule has 18 heavy (non-hydrogen) atoms. The van der Waals surface area contributed by atoms with Crippen LogP contribution in [0, 0.1) is 5.82 Å². The molecule has 3 nitrogen and oxygen atoms in total. The number of benzene rings is 1. The molecule has 1 aromatic heterocycles. The Balaban J connectivity index is 1.86. The standard InChI is InChI=1S/C13H13ClFN3/c14-9-6-8(15)7-10-11(9)12(17-16-10)18-5-4-13(18)2-1-3-13/h6-7H,1-5H2,(H,16,17). The fourth-order valence-electron chi connectivity index (χ4n) is 3.23. The molecule has 1 aromatic carbocycles. The van der Waals surface area contributed by atoms with Gasteiger partial charge in [-0.3, -0.25) is 5.10 Å². The number of H-pyrrole nitrogens is 1. The molecule has 4 rings (SSSR count). The number of rotatable bonds is 1. The molecule has 2 aliphatic rings. The smallest absolute Gasteiger partial charge is 0.160 e. The first kappa shape index (κ1) is 10.6. The molecule has 0 bridgehead atoms. The van der Waals surface area contributed by atoms with Crippen LogP contribution < -0.4 is 4.90 Å². The first-order valence-corrected chi connectivity index (χ1v) is 6.68. The Morgan fingerprint density at radius 2 is 2.17 bits per heavy atom. The van der Waals surface area contributed by atoms with Crippen LogP contribution in [0.25, 0.3) is 10.9 Å². The Labute approximate surface area is 109 Å². The van der Waals surface area contributed by atoms with Crippen molar-refractivity contribution in [1.29, 1.82) is 0 Å². The van der Waals surface area contributed by atoms with E-state index in [2.05, 4.69) is 15.1 Å². The molecule has 2 heterocycles. The zero-order valence-electron chi connectivity index (χ0n) is 9.84. The minimum atomic E-state index is -0.329. The monoisotopic (exact) mass is 265 g/mol. The topological polar surface area (TPSA) is 31.9 Å². The maximum absolute atomic E-state index is 13.3. The van der Waals surface area contributed by atoms with Gasteiger partial charge < -0.3 is 4.90 Å². The largest absolute Gasteiger partial charge is 0.349 e. The van der Waals surface area contributed by atoms with E-state index < -0.39 is 0 Å². The summed E-state index contributed by atoms with van der Waals surface area (Å²) in [5.74, 6) is 0.561. The van der Waals surface area contributed by atoms with Gasteiger partial charge in [-0.1, -0.05) is 11.6 Å². The van der Waals surface area contributed by atoms with Gasteiger partial charge in [-0.25, -0.2) is 4.39 Å². The molecule has 1 aliphatic carbocycles. The van der Waals surface area contributed by atoms with E-state index in [9.17, 15) is 4.39 Å². The van der Waals surface area contributed by atoms with E-state index in [0.29, 0.717) is 16.1 Å².